The van der Waals surface area contributed by atoms with Crippen molar-refractivity contribution in [2.75, 3.05) is 14.1 Å². The van der Waals surface area contributed by atoms with Gasteiger partial charge in [-0.15, -0.1) is 11.8 Å². The Hall–Kier alpha value is -0.210. The van der Waals surface area contributed by atoms with Crippen molar-refractivity contribution < 1.29 is 0 Å². The molecular weight excluding hydrogens is 178 g/mol. The van der Waals surface area contributed by atoms with Gasteiger partial charge in [0.15, 0.2) is 0 Å². The number of hydrogen-bond donors (Lipinski definition) is 0. The Morgan fingerprint density at radius 1 is 1.62 bits per heavy atom. The number of rotatable bonds is 1. The van der Waals surface area contributed by atoms with E-state index in [2.05, 4.69) is 37.1 Å². The van der Waals surface area contributed by atoms with Crippen LogP contribution in [0.1, 0.15) is 19.3 Å². The fraction of sp³-hybridized carbons (Fsp3) is 0.636. The molecule has 2 unspecified atom stereocenters. The van der Waals surface area contributed by atoms with Crippen LogP contribution in [0.3, 0.4) is 0 Å². The second-order valence-corrected chi connectivity index (χ2v) is 5.44. The molecule has 0 amide bonds. The van der Waals surface area contributed by atoms with E-state index >= 15 is 0 Å². The van der Waals surface area contributed by atoms with Crippen LogP contribution >= 0.6 is 11.8 Å². The molecule has 0 aromatic heterocycles. The third kappa shape index (κ3) is 1.27. The van der Waals surface area contributed by atoms with Crippen LogP contribution in [0.15, 0.2) is 23.6 Å². The molecule has 1 heterocycles. The Morgan fingerprint density at radius 3 is 2.92 bits per heavy atom. The summed E-state index contributed by atoms with van der Waals surface area (Å²) in [5, 5.41) is 2.21. The van der Waals surface area contributed by atoms with Crippen molar-refractivity contribution in [3.63, 3.8) is 0 Å². The highest BCUT2D eigenvalue weighted by atomic mass is 32.2. The van der Waals surface area contributed by atoms with Crippen LogP contribution in [0.5, 0.6) is 0 Å². The molecule has 1 spiro atoms. The van der Waals surface area contributed by atoms with Gasteiger partial charge in [0.05, 0.1) is 4.75 Å². The van der Waals surface area contributed by atoms with Gasteiger partial charge in [-0.05, 0) is 37.9 Å². The lowest BCUT2D eigenvalue weighted by Gasteiger charge is -2.36. The molecule has 1 fully saturated rings. The third-order valence-electron chi connectivity index (χ3n) is 3.28. The summed E-state index contributed by atoms with van der Waals surface area (Å²) in [6.07, 6.45) is 6.15. The molecule has 2 heteroatoms. The van der Waals surface area contributed by atoms with Crippen LogP contribution in [-0.2, 0) is 0 Å². The first kappa shape index (κ1) is 9.35. The predicted octanol–water partition coefficient (Wildman–Crippen LogP) is 2.66. The minimum absolute atomic E-state index is 0.323. The van der Waals surface area contributed by atoms with Crippen molar-refractivity contribution in [1.82, 2.24) is 4.90 Å². The maximum atomic E-state index is 4.19. The number of allylic oxidation sites excluding steroid dienone is 1. The van der Waals surface area contributed by atoms with Crippen LogP contribution in [0, 0.1) is 0 Å². The maximum Gasteiger partial charge on any atom is 0.0598 e. The van der Waals surface area contributed by atoms with Gasteiger partial charge < -0.3 is 4.90 Å². The topological polar surface area (TPSA) is 3.24 Å². The Bertz CT molecular complexity index is 257. The molecule has 13 heavy (non-hydrogen) atoms. The van der Waals surface area contributed by atoms with E-state index in [1.807, 2.05) is 11.8 Å². The second kappa shape index (κ2) is 3.18. The zero-order valence-electron chi connectivity index (χ0n) is 8.42. The average molecular weight is 195 g/mol. The molecule has 1 aliphatic heterocycles. The Balaban J connectivity index is 2.26. The van der Waals surface area contributed by atoms with Gasteiger partial charge in [-0.2, -0.15) is 0 Å². The van der Waals surface area contributed by atoms with Gasteiger partial charge in [-0.25, -0.2) is 0 Å². The van der Waals surface area contributed by atoms with Crippen molar-refractivity contribution in [2.45, 2.75) is 30.1 Å². The van der Waals surface area contributed by atoms with Crippen molar-refractivity contribution in [2.24, 2.45) is 0 Å². The van der Waals surface area contributed by atoms with E-state index in [0.717, 1.165) is 0 Å². The number of nitrogens with zero attached hydrogens (tertiary/aromatic N) is 1. The number of hydrogen-bond acceptors (Lipinski definition) is 2. The molecule has 0 N–H and O–H groups in total. The fourth-order valence-electron chi connectivity index (χ4n) is 2.60. The van der Waals surface area contributed by atoms with E-state index in [1.165, 1.54) is 24.8 Å². The van der Waals surface area contributed by atoms with Gasteiger partial charge in [0.1, 0.15) is 0 Å². The quantitative estimate of drug-likeness (QED) is 0.633. The van der Waals surface area contributed by atoms with Gasteiger partial charge in [0, 0.05) is 6.04 Å². The van der Waals surface area contributed by atoms with Crippen LogP contribution in [0.2, 0.25) is 0 Å². The predicted molar refractivity (Wildman–Crippen MR) is 59.9 cm³/mol. The molecule has 0 bridgehead atoms. The molecule has 0 saturated heterocycles. The SMILES string of the molecule is C=C1C=CSC12CCCC2N(C)C. The van der Waals surface area contributed by atoms with Crippen molar-refractivity contribution in [3.05, 3.63) is 23.6 Å². The lowest BCUT2D eigenvalue weighted by atomic mass is 9.93. The third-order valence-corrected chi connectivity index (χ3v) is 4.71. The molecule has 1 aliphatic carbocycles. The average Bonchev–Trinajstić information content (AvgIpc) is 2.62. The first-order valence-corrected chi connectivity index (χ1v) is 5.75. The highest BCUT2D eigenvalue weighted by Crippen LogP contribution is 2.52. The van der Waals surface area contributed by atoms with E-state index in [4.69, 9.17) is 0 Å². The van der Waals surface area contributed by atoms with Crippen LogP contribution < -0.4 is 0 Å². The summed E-state index contributed by atoms with van der Waals surface area (Å²) in [5.41, 5.74) is 1.33. The summed E-state index contributed by atoms with van der Waals surface area (Å²) in [4.78, 5) is 2.36. The van der Waals surface area contributed by atoms with Crippen LogP contribution in [0.4, 0.5) is 0 Å². The molecule has 1 saturated carbocycles. The summed E-state index contributed by atoms with van der Waals surface area (Å²) in [6.45, 7) is 4.19. The largest absolute Gasteiger partial charge is 0.305 e. The second-order valence-electron chi connectivity index (χ2n) is 4.21. The fourth-order valence-corrected chi connectivity index (χ4v) is 4.04. The monoisotopic (exact) mass is 195 g/mol. The zero-order chi connectivity index (χ0) is 9.47. The smallest absolute Gasteiger partial charge is 0.0598 e. The first-order valence-electron chi connectivity index (χ1n) is 4.87. The van der Waals surface area contributed by atoms with Gasteiger partial charge in [-0.1, -0.05) is 19.1 Å². The molecular formula is C11H17NS. The molecule has 0 aromatic rings. The highest BCUT2D eigenvalue weighted by Gasteiger charge is 2.47. The van der Waals surface area contributed by atoms with Gasteiger partial charge >= 0.3 is 0 Å². The standard InChI is InChI=1S/C11H17NS/c1-9-6-8-13-11(9)7-4-5-10(11)12(2)3/h6,8,10H,1,4-5,7H2,2-3H3. The highest BCUT2D eigenvalue weighted by molar-refractivity contribution is 8.04. The Labute approximate surface area is 84.9 Å². The maximum absolute atomic E-state index is 4.19. The van der Waals surface area contributed by atoms with Gasteiger partial charge in [0.25, 0.3) is 0 Å². The van der Waals surface area contributed by atoms with Crippen LogP contribution in [0.25, 0.3) is 0 Å². The molecule has 2 rings (SSSR count). The van der Waals surface area contributed by atoms with E-state index in [9.17, 15) is 0 Å². The first-order chi connectivity index (χ1) is 6.17. The lowest BCUT2D eigenvalue weighted by Crippen LogP contribution is -2.43. The summed E-state index contributed by atoms with van der Waals surface area (Å²) >= 11 is 1.98. The van der Waals surface area contributed by atoms with E-state index in [0.29, 0.717) is 10.8 Å². The Morgan fingerprint density at radius 2 is 2.38 bits per heavy atom. The van der Waals surface area contributed by atoms with E-state index in [1.54, 1.807) is 0 Å². The molecule has 2 atom stereocenters. The summed E-state index contributed by atoms with van der Waals surface area (Å²) in [5.74, 6) is 0. The van der Waals surface area contributed by atoms with Gasteiger partial charge in [-0.3, -0.25) is 0 Å². The molecule has 1 nitrogen and oxygen atoms in total. The normalized spacial score (nSPS) is 38.4. The summed E-state index contributed by atoms with van der Waals surface area (Å²) in [6, 6.07) is 0.681. The zero-order valence-corrected chi connectivity index (χ0v) is 9.23. The van der Waals surface area contributed by atoms with E-state index < -0.39 is 0 Å². The Kier molecular flexibility index (Phi) is 2.28. The lowest BCUT2D eigenvalue weighted by molar-refractivity contribution is 0.277. The molecule has 2 aliphatic rings. The molecule has 0 radical (unpaired) electrons. The van der Waals surface area contributed by atoms with Gasteiger partial charge in [0.2, 0.25) is 0 Å². The van der Waals surface area contributed by atoms with E-state index in [-0.39, 0.29) is 0 Å². The van der Waals surface area contributed by atoms with Crippen molar-refractivity contribution in [1.29, 1.82) is 0 Å². The minimum Gasteiger partial charge on any atom is -0.305 e. The van der Waals surface area contributed by atoms with Crippen molar-refractivity contribution in [3.8, 4) is 0 Å². The minimum atomic E-state index is 0.323. The summed E-state index contributed by atoms with van der Waals surface area (Å²) in [7, 11) is 4.37. The van der Waals surface area contributed by atoms with Crippen molar-refractivity contribution >= 4 is 11.8 Å². The van der Waals surface area contributed by atoms with Crippen LogP contribution in [-0.4, -0.2) is 29.8 Å². The molecule has 72 valence electrons. The number of thioether (sulfide) groups is 1. The summed E-state index contributed by atoms with van der Waals surface area (Å²) < 4.78 is 0.323. The molecule has 0 aromatic carbocycles.